The van der Waals surface area contributed by atoms with Gasteiger partial charge in [0.25, 0.3) is 0 Å². The minimum Gasteiger partial charge on any atom is -1.00 e. The Morgan fingerprint density at radius 3 is 1.26 bits per heavy atom. The summed E-state index contributed by atoms with van der Waals surface area (Å²) in [5, 5.41) is 4.51. The van der Waals surface area contributed by atoms with Crippen molar-refractivity contribution in [3.05, 3.63) is 91.0 Å². The van der Waals surface area contributed by atoms with Crippen molar-refractivity contribution in [2.45, 2.75) is 64.6 Å². The first-order valence-electron chi connectivity index (χ1n) is 12.7. The summed E-state index contributed by atoms with van der Waals surface area (Å²) < 4.78 is 5.98. The Morgan fingerprint density at radius 2 is 0.882 bits per heavy atom. The molecule has 0 spiro atoms. The molecular weight excluding hydrogens is 515 g/mol. The predicted molar refractivity (Wildman–Crippen MR) is 152 cm³/mol. The zero-order chi connectivity index (χ0) is 23.4. The minimum atomic E-state index is -1.65. The number of rotatable bonds is 14. The Bertz CT molecular complexity index is 816. The van der Waals surface area contributed by atoms with Crippen molar-refractivity contribution in [1.29, 1.82) is 0 Å². The van der Waals surface area contributed by atoms with Crippen LogP contribution in [0.15, 0.2) is 91.0 Å². The molecule has 4 heteroatoms. The maximum Gasteiger partial charge on any atom is 0.183 e. The molecule has 0 unspecified atom stereocenters. The second-order valence-electron chi connectivity index (χ2n) is 9.98. The van der Waals surface area contributed by atoms with Crippen LogP contribution in [-0.4, -0.2) is 21.1 Å². The average Bonchev–Trinajstić information content (AvgIpc) is 2.84. The van der Waals surface area contributed by atoms with E-state index >= 15 is 0 Å². The van der Waals surface area contributed by atoms with E-state index in [0.29, 0.717) is 0 Å². The van der Waals surface area contributed by atoms with Gasteiger partial charge in [-0.05, 0) is 75.3 Å². The van der Waals surface area contributed by atoms with Crippen molar-refractivity contribution in [1.82, 2.24) is 0 Å². The van der Waals surface area contributed by atoms with E-state index in [9.17, 15) is 0 Å². The van der Waals surface area contributed by atoms with Crippen LogP contribution in [0.2, 0.25) is 19.6 Å². The lowest BCUT2D eigenvalue weighted by Crippen LogP contribution is -3.00. The van der Waals surface area contributed by atoms with Gasteiger partial charge in [-0.3, -0.25) is 0 Å². The van der Waals surface area contributed by atoms with E-state index in [0.717, 1.165) is 6.61 Å². The number of unbranched alkanes of at least 4 members (excludes halogenated alkanes) is 6. The van der Waals surface area contributed by atoms with Crippen molar-refractivity contribution < 1.29 is 21.4 Å². The van der Waals surface area contributed by atoms with Gasteiger partial charge in [-0.1, -0.05) is 80.3 Å². The first-order chi connectivity index (χ1) is 16.0. The molecule has 0 radical (unpaired) electrons. The highest BCUT2D eigenvalue weighted by molar-refractivity contribution is 7.95. The van der Waals surface area contributed by atoms with E-state index in [1.165, 1.54) is 67.0 Å². The second kappa shape index (κ2) is 15.0. The SMILES string of the molecule is C[Si](C)(C)OCCCCCCCCC[P+](c1ccccc1)(c1ccccc1)c1ccccc1.[Br-]. The lowest BCUT2D eigenvalue weighted by molar-refractivity contribution is -0.00000795. The molecule has 184 valence electrons. The van der Waals surface area contributed by atoms with Crippen LogP contribution in [0.25, 0.3) is 0 Å². The maximum atomic E-state index is 5.98. The van der Waals surface area contributed by atoms with Gasteiger partial charge in [0.1, 0.15) is 23.2 Å². The predicted octanol–water partition coefficient (Wildman–Crippen LogP) is 4.57. The standard InChI is InChI=1S/C30H42OPSi.BrH/c1-33(2,3)31-26-18-7-5-4-6-8-19-27-32(28-20-12-9-13-21-28,29-22-14-10-15-23-29)30-24-16-11-17-25-30;/h9-17,20-25H,4-8,18-19,26-27H2,1-3H3;1H/q+1;/p-1. The number of halogens is 1. The van der Waals surface area contributed by atoms with E-state index in [1.807, 2.05) is 0 Å². The van der Waals surface area contributed by atoms with E-state index in [1.54, 1.807) is 0 Å². The minimum absolute atomic E-state index is 0. The Morgan fingerprint density at radius 1 is 0.529 bits per heavy atom. The van der Waals surface area contributed by atoms with Crippen molar-refractivity contribution >= 4 is 31.5 Å². The first kappa shape index (κ1) is 29.0. The summed E-state index contributed by atoms with van der Waals surface area (Å²) in [6.07, 6.45) is 10.4. The molecule has 0 N–H and O–H groups in total. The van der Waals surface area contributed by atoms with Crippen LogP contribution in [0.3, 0.4) is 0 Å². The van der Waals surface area contributed by atoms with Gasteiger partial charge >= 0.3 is 0 Å². The highest BCUT2D eigenvalue weighted by Gasteiger charge is 2.44. The van der Waals surface area contributed by atoms with E-state index in [-0.39, 0.29) is 17.0 Å². The molecule has 0 heterocycles. The third-order valence-electron chi connectivity index (χ3n) is 6.26. The average molecular weight is 558 g/mol. The molecule has 0 saturated heterocycles. The fraction of sp³-hybridized carbons (Fsp3) is 0.400. The fourth-order valence-corrected chi connectivity index (χ4v) is 9.76. The van der Waals surface area contributed by atoms with Crippen molar-refractivity contribution in [3.8, 4) is 0 Å². The molecule has 0 atom stereocenters. The maximum absolute atomic E-state index is 5.98. The molecule has 0 fully saturated rings. The Hall–Kier alpha value is -1.25. The molecule has 3 aromatic carbocycles. The highest BCUT2D eigenvalue weighted by atomic mass is 79.9. The number of benzene rings is 3. The van der Waals surface area contributed by atoms with E-state index in [4.69, 9.17) is 4.43 Å². The normalized spacial score (nSPS) is 11.7. The summed E-state index contributed by atoms with van der Waals surface area (Å²) in [5.41, 5.74) is 0. The Balaban J connectivity index is 0.00000408. The van der Waals surface area contributed by atoms with Crippen LogP contribution >= 0.6 is 7.26 Å². The van der Waals surface area contributed by atoms with Gasteiger partial charge in [0.2, 0.25) is 0 Å². The van der Waals surface area contributed by atoms with Gasteiger partial charge in [-0.15, -0.1) is 0 Å². The van der Waals surface area contributed by atoms with Crippen molar-refractivity contribution in [2.75, 3.05) is 12.8 Å². The third kappa shape index (κ3) is 8.75. The highest BCUT2D eigenvalue weighted by Crippen LogP contribution is 2.55. The molecule has 0 saturated carbocycles. The van der Waals surface area contributed by atoms with Crippen LogP contribution < -0.4 is 32.9 Å². The molecule has 3 aromatic rings. The van der Waals surface area contributed by atoms with Gasteiger partial charge < -0.3 is 21.4 Å². The zero-order valence-corrected chi connectivity index (χ0v) is 24.7. The molecule has 0 bridgehead atoms. The van der Waals surface area contributed by atoms with Crippen LogP contribution in [0.5, 0.6) is 0 Å². The molecular formula is C30H42BrOPSi. The topological polar surface area (TPSA) is 9.23 Å². The van der Waals surface area contributed by atoms with Gasteiger partial charge in [0.05, 0.1) is 6.16 Å². The number of hydrogen-bond acceptors (Lipinski definition) is 1. The summed E-state index contributed by atoms with van der Waals surface area (Å²) in [4.78, 5) is 0. The van der Waals surface area contributed by atoms with E-state index in [2.05, 4.69) is 111 Å². The van der Waals surface area contributed by atoms with Gasteiger partial charge in [0.15, 0.2) is 8.32 Å². The lowest BCUT2D eigenvalue weighted by atomic mass is 10.1. The van der Waals surface area contributed by atoms with Gasteiger partial charge in [-0.2, -0.15) is 0 Å². The summed E-state index contributed by atoms with van der Waals surface area (Å²) in [6, 6.07) is 33.8. The molecule has 0 aromatic heterocycles. The molecule has 0 aliphatic heterocycles. The lowest BCUT2D eigenvalue weighted by Gasteiger charge is -2.27. The summed E-state index contributed by atoms with van der Waals surface area (Å²) in [5.74, 6) is 0. The molecule has 1 nitrogen and oxygen atoms in total. The van der Waals surface area contributed by atoms with Gasteiger partial charge in [0, 0.05) is 6.61 Å². The van der Waals surface area contributed by atoms with Crippen molar-refractivity contribution in [3.63, 3.8) is 0 Å². The third-order valence-corrected chi connectivity index (χ3v) is 11.9. The van der Waals surface area contributed by atoms with Crippen LogP contribution in [0.1, 0.15) is 44.9 Å². The molecule has 34 heavy (non-hydrogen) atoms. The summed E-state index contributed by atoms with van der Waals surface area (Å²) >= 11 is 0. The molecule has 0 amide bonds. The van der Waals surface area contributed by atoms with Gasteiger partial charge in [-0.25, -0.2) is 0 Å². The smallest absolute Gasteiger partial charge is 0.183 e. The second-order valence-corrected chi connectivity index (χ2v) is 18.1. The largest absolute Gasteiger partial charge is 1.00 e. The van der Waals surface area contributed by atoms with E-state index < -0.39 is 15.6 Å². The molecule has 0 aliphatic carbocycles. The quantitative estimate of drug-likeness (QED) is 0.160. The zero-order valence-electron chi connectivity index (χ0n) is 21.3. The monoisotopic (exact) mass is 556 g/mol. The Kier molecular flexibility index (Phi) is 12.8. The van der Waals surface area contributed by atoms with Crippen molar-refractivity contribution in [2.24, 2.45) is 0 Å². The molecule has 3 rings (SSSR count). The van der Waals surface area contributed by atoms with Crippen LogP contribution in [-0.2, 0) is 4.43 Å². The fourth-order valence-electron chi connectivity index (χ4n) is 4.60. The summed E-state index contributed by atoms with van der Waals surface area (Å²) in [6.45, 7) is 7.77. The van der Waals surface area contributed by atoms with Crippen LogP contribution in [0, 0.1) is 0 Å². The first-order valence-corrected chi connectivity index (χ1v) is 18.1. The molecule has 0 aliphatic rings. The summed E-state index contributed by atoms with van der Waals surface area (Å²) in [7, 11) is -2.99. The Labute approximate surface area is 220 Å². The number of hydrogen-bond donors (Lipinski definition) is 0. The van der Waals surface area contributed by atoms with Crippen LogP contribution in [0.4, 0.5) is 0 Å².